The summed E-state index contributed by atoms with van der Waals surface area (Å²) in [6.07, 6.45) is 7.29. The van der Waals surface area contributed by atoms with Gasteiger partial charge in [-0.05, 0) is 66.5 Å². The van der Waals surface area contributed by atoms with Crippen molar-refractivity contribution in [1.29, 1.82) is 5.26 Å². The molecule has 142 valence electrons. The molecule has 0 aliphatic carbocycles. The Bertz CT molecular complexity index is 1080. The first-order valence-corrected chi connectivity index (χ1v) is 9.70. The maximum atomic E-state index is 9.14. The largest absolute Gasteiger partial charge is 0.490 e. The Labute approximate surface area is 171 Å². The van der Waals surface area contributed by atoms with Crippen LogP contribution in [0, 0.1) is 17.9 Å². The molecule has 0 saturated carbocycles. The summed E-state index contributed by atoms with van der Waals surface area (Å²) >= 11 is 0. The van der Waals surface area contributed by atoms with E-state index in [1.54, 1.807) is 6.08 Å². The van der Waals surface area contributed by atoms with Gasteiger partial charge in [-0.25, -0.2) is 10.1 Å². The predicted octanol–water partition coefficient (Wildman–Crippen LogP) is 5.78. The monoisotopic (exact) mass is 379 g/mol. The van der Waals surface area contributed by atoms with E-state index in [0.29, 0.717) is 12.2 Å². The number of hydrogen-bond donors (Lipinski definition) is 0. The van der Waals surface area contributed by atoms with Gasteiger partial charge in [-0.15, -0.1) is 0 Å². The van der Waals surface area contributed by atoms with Gasteiger partial charge in [0.15, 0.2) is 0 Å². The topological polar surface area (TPSA) is 40.6 Å². The second-order valence-electron chi connectivity index (χ2n) is 7.24. The van der Waals surface area contributed by atoms with E-state index >= 15 is 0 Å². The number of nitriles is 1. The Kier molecular flexibility index (Phi) is 5.18. The Morgan fingerprint density at radius 3 is 2.83 bits per heavy atom. The molecule has 4 heteroatoms. The normalized spacial score (nSPS) is 19.8. The van der Waals surface area contributed by atoms with Gasteiger partial charge in [0.25, 0.3) is 5.70 Å². The molecule has 2 aromatic carbocycles. The van der Waals surface area contributed by atoms with Crippen molar-refractivity contribution in [3.8, 4) is 6.07 Å². The third-order valence-electron chi connectivity index (χ3n) is 5.19. The van der Waals surface area contributed by atoms with Gasteiger partial charge in [0.2, 0.25) is 0 Å². The molecule has 2 aromatic rings. The number of hydrogen-bond acceptors (Lipinski definition) is 3. The minimum Gasteiger partial charge on any atom is -0.490 e. The molecule has 2 aliphatic heterocycles. The number of allylic oxidation sites excluding steroid dienone is 3. The zero-order valence-corrected chi connectivity index (χ0v) is 16.3. The molecule has 1 unspecified atom stereocenters. The number of anilines is 2. The van der Waals surface area contributed by atoms with Crippen molar-refractivity contribution in [2.24, 2.45) is 0 Å². The molecule has 2 heterocycles. The van der Waals surface area contributed by atoms with E-state index in [0.717, 1.165) is 24.1 Å². The zero-order chi connectivity index (χ0) is 20.2. The lowest BCUT2D eigenvalue weighted by molar-refractivity contribution is 0.133. The first-order chi connectivity index (χ1) is 14.2. The van der Waals surface area contributed by atoms with Crippen LogP contribution in [-0.2, 0) is 11.2 Å². The summed E-state index contributed by atoms with van der Waals surface area (Å²) in [5.74, 6) is 0.682. The van der Waals surface area contributed by atoms with E-state index in [1.165, 1.54) is 16.9 Å². The van der Waals surface area contributed by atoms with Crippen molar-refractivity contribution < 1.29 is 4.74 Å². The van der Waals surface area contributed by atoms with E-state index in [1.807, 2.05) is 31.2 Å². The fraction of sp³-hybridized carbons (Fsp3) is 0.200. The van der Waals surface area contributed by atoms with E-state index in [2.05, 4.69) is 52.2 Å². The van der Waals surface area contributed by atoms with Gasteiger partial charge in [-0.3, -0.25) is 0 Å². The minimum atomic E-state index is -0.0563. The Morgan fingerprint density at radius 2 is 2.07 bits per heavy atom. The van der Waals surface area contributed by atoms with Crippen molar-refractivity contribution in [3.05, 3.63) is 100 Å². The number of para-hydroxylation sites is 1. The lowest BCUT2D eigenvalue weighted by Gasteiger charge is -2.22. The summed E-state index contributed by atoms with van der Waals surface area (Å²) in [5, 5.41) is 9.14. The minimum absolute atomic E-state index is 0.0563. The van der Waals surface area contributed by atoms with Crippen molar-refractivity contribution in [1.82, 2.24) is 0 Å². The molecule has 0 saturated heterocycles. The highest BCUT2D eigenvalue weighted by atomic mass is 16.5. The Morgan fingerprint density at radius 1 is 1.24 bits per heavy atom. The third-order valence-corrected chi connectivity index (χ3v) is 5.19. The first kappa shape index (κ1) is 18.6. The predicted molar refractivity (Wildman–Crippen MR) is 115 cm³/mol. The highest BCUT2D eigenvalue weighted by Crippen LogP contribution is 2.35. The average Bonchev–Trinajstić information content (AvgIpc) is 3.17. The van der Waals surface area contributed by atoms with Gasteiger partial charge >= 0.3 is 0 Å². The average molecular weight is 379 g/mol. The highest BCUT2D eigenvalue weighted by molar-refractivity contribution is 5.72. The summed E-state index contributed by atoms with van der Waals surface area (Å²) in [6.45, 7) is 10.1. The van der Waals surface area contributed by atoms with Crippen LogP contribution in [0.3, 0.4) is 0 Å². The zero-order valence-electron chi connectivity index (χ0n) is 16.3. The molecule has 0 amide bonds. The molecule has 0 spiro atoms. The molecule has 29 heavy (non-hydrogen) atoms. The Hall–Kier alpha value is -3.76. The van der Waals surface area contributed by atoms with Crippen LogP contribution in [0.4, 0.5) is 11.4 Å². The molecule has 0 aromatic heterocycles. The Balaban J connectivity index is 1.57. The first-order valence-electron chi connectivity index (χ1n) is 9.70. The van der Waals surface area contributed by atoms with Gasteiger partial charge in [0, 0.05) is 24.3 Å². The van der Waals surface area contributed by atoms with Gasteiger partial charge in [-0.2, -0.15) is 0 Å². The van der Waals surface area contributed by atoms with E-state index in [4.69, 9.17) is 16.6 Å². The van der Waals surface area contributed by atoms with Crippen LogP contribution in [-0.4, -0.2) is 12.6 Å². The molecular weight excluding hydrogens is 358 g/mol. The van der Waals surface area contributed by atoms with E-state index in [9.17, 15) is 0 Å². The summed E-state index contributed by atoms with van der Waals surface area (Å²) in [4.78, 5) is 5.68. The third kappa shape index (κ3) is 3.93. The maximum absolute atomic E-state index is 9.14. The van der Waals surface area contributed by atoms with Crippen LogP contribution in [0.5, 0.6) is 0 Å². The quantitative estimate of drug-likeness (QED) is 0.501. The van der Waals surface area contributed by atoms with Crippen molar-refractivity contribution in [2.75, 3.05) is 11.4 Å². The van der Waals surface area contributed by atoms with Gasteiger partial charge < -0.3 is 9.64 Å². The summed E-state index contributed by atoms with van der Waals surface area (Å²) in [5.41, 5.74) is 5.81. The molecule has 2 aliphatic rings. The lowest BCUT2D eigenvalue weighted by Crippen LogP contribution is -2.13. The van der Waals surface area contributed by atoms with Crippen LogP contribution in [0.1, 0.15) is 24.5 Å². The molecule has 0 radical (unpaired) electrons. The standard InChI is InChI=1S/C25H21N3O/c1-18-14-21(24(17-26)27-2)16-23(29-18)10-8-19-9-11-25-20(15-19)12-13-28(25)22-6-4-3-5-7-22/h3-11,15-16,18H,12-14H2,1H3. The number of benzene rings is 2. The van der Waals surface area contributed by atoms with Gasteiger partial charge in [0.05, 0.1) is 18.7 Å². The van der Waals surface area contributed by atoms with E-state index in [-0.39, 0.29) is 11.8 Å². The smallest absolute Gasteiger partial charge is 0.265 e. The van der Waals surface area contributed by atoms with Crippen LogP contribution >= 0.6 is 0 Å². The SMILES string of the molecule is [C-]#[N+]C(C#N)=C1C=C(C=Cc2ccc3c(c2)CCN3c2ccccc2)OC(C)C1. The highest BCUT2D eigenvalue weighted by Gasteiger charge is 2.20. The number of fused-ring (bicyclic) bond motifs is 1. The fourth-order valence-corrected chi connectivity index (χ4v) is 3.85. The van der Waals surface area contributed by atoms with Crippen molar-refractivity contribution in [3.63, 3.8) is 0 Å². The molecule has 0 bridgehead atoms. The molecule has 4 rings (SSSR count). The van der Waals surface area contributed by atoms with E-state index < -0.39 is 0 Å². The maximum Gasteiger partial charge on any atom is 0.265 e. The van der Waals surface area contributed by atoms with Crippen LogP contribution < -0.4 is 4.90 Å². The number of nitrogens with zero attached hydrogens (tertiary/aromatic N) is 3. The summed E-state index contributed by atoms with van der Waals surface area (Å²) in [7, 11) is 0. The fourth-order valence-electron chi connectivity index (χ4n) is 3.85. The number of ether oxygens (including phenoxy) is 1. The lowest BCUT2D eigenvalue weighted by atomic mass is 10.0. The molecular formula is C25H21N3O. The van der Waals surface area contributed by atoms with Crippen molar-refractivity contribution in [2.45, 2.75) is 25.9 Å². The van der Waals surface area contributed by atoms with Crippen molar-refractivity contribution >= 4 is 17.5 Å². The summed E-state index contributed by atoms with van der Waals surface area (Å²) < 4.78 is 5.86. The van der Waals surface area contributed by atoms with Gasteiger partial charge in [0.1, 0.15) is 5.76 Å². The van der Waals surface area contributed by atoms with Gasteiger partial charge in [-0.1, -0.05) is 30.3 Å². The van der Waals surface area contributed by atoms with Crippen LogP contribution in [0.2, 0.25) is 0 Å². The molecule has 4 nitrogen and oxygen atoms in total. The molecule has 0 fully saturated rings. The van der Waals surface area contributed by atoms with Crippen LogP contribution in [0.25, 0.3) is 10.9 Å². The number of rotatable bonds is 3. The molecule has 0 N–H and O–H groups in total. The van der Waals surface area contributed by atoms with Crippen LogP contribution in [0.15, 0.2) is 77.7 Å². The molecule has 1 atom stereocenters. The second kappa shape index (κ2) is 8.09. The summed E-state index contributed by atoms with van der Waals surface area (Å²) in [6, 6.07) is 18.9. The second-order valence-corrected chi connectivity index (χ2v) is 7.24.